The van der Waals surface area contributed by atoms with E-state index in [4.69, 9.17) is 9.57 Å². The van der Waals surface area contributed by atoms with Crippen molar-refractivity contribution in [2.45, 2.75) is 0 Å². The van der Waals surface area contributed by atoms with E-state index in [1.165, 1.54) is 7.11 Å². The molecule has 102 valence electrons. The number of aldehydes is 1. The first-order valence-electron chi connectivity index (χ1n) is 5.89. The summed E-state index contributed by atoms with van der Waals surface area (Å²) in [7, 11) is 1.53. The number of nitrogens with one attached hydrogen (secondary N) is 1. The zero-order valence-electron chi connectivity index (χ0n) is 10.8. The van der Waals surface area contributed by atoms with Crippen LogP contribution in [-0.2, 0) is 0 Å². The number of amides is 1. The van der Waals surface area contributed by atoms with Crippen LogP contribution in [0.5, 0.6) is 11.5 Å². The molecule has 2 aromatic rings. The average molecular weight is 271 g/mol. The highest BCUT2D eigenvalue weighted by Gasteiger charge is 2.07. The van der Waals surface area contributed by atoms with E-state index in [0.29, 0.717) is 22.6 Å². The summed E-state index contributed by atoms with van der Waals surface area (Å²) >= 11 is 0. The fraction of sp³-hybridized carbons (Fsp3) is 0.0667. The Balaban J connectivity index is 1.98. The molecule has 1 amide bonds. The number of methoxy groups -OCH3 is 1. The molecule has 1 N–H and O–H groups in total. The van der Waals surface area contributed by atoms with Crippen molar-refractivity contribution in [3.63, 3.8) is 0 Å². The lowest BCUT2D eigenvalue weighted by molar-refractivity contribution is 0.0759. The van der Waals surface area contributed by atoms with E-state index in [0.717, 1.165) is 6.29 Å². The van der Waals surface area contributed by atoms with Crippen molar-refractivity contribution < 1.29 is 19.2 Å². The molecular weight excluding hydrogens is 258 g/mol. The Morgan fingerprint density at radius 1 is 1.10 bits per heavy atom. The van der Waals surface area contributed by atoms with Gasteiger partial charge in [0.15, 0.2) is 5.75 Å². The second-order valence-electron chi connectivity index (χ2n) is 3.95. The van der Waals surface area contributed by atoms with Gasteiger partial charge in [0.2, 0.25) is 0 Å². The van der Waals surface area contributed by atoms with Crippen molar-refractivity contribution in [3.05, 3.63) is 59.7 Å². The van der Waals surface area contributed by atoms with Crippen molar-refractivity contribution in [2.75, 3.05) is 7.11 Å². The molecule has 2 rings (SSSR count). The normalized spacial score (nSPS) is 9.65. The first-order chi connectivity index (χ1) is 9.72. The maximum absolute atomic E-state index is 11.9. The molecule has 0 heterocycles. The minimum Gasteiger partial charge on any atom is -0.497 e. The van der Waals surface area contributed by atoms with Crippen molar-refractivity contribution in [2.24, 2.45) is 0 Å². The van der Waals surface area contributed by atoms with E-state index in [1.807, 2.05) is 0 Å². The molecule has 0 bridgehead atoms. The van der Waals surface area contributed by atoms with Crippen molar-refractivity contribution in [3.8, 4) is 11.5 Å². The SMILES string of the molecule is COc1cccc(C(=O)NOc2ccc(C=O)cc2)c1. The smallest absolute Gasteiger partial charge is 0.284 e. The number of benzene rings is 2. The van der Waals surface area contributed by atoms with E-state index in [-0.39, 0.29) is 5.91 Å². The molecule has 0 spiro atoms. The van der Waals surface area contributed by atoms with Gasteiger partial charge in [-0.25, -0.2) is 0 Å². The van der Waals surface area contributed by atoms with Gasteiger partial charge in [-0.2, -0.15) is 5.48 Å². The summed E-state index contributed by atoms with van der Waals surface area (Å²) < 4.78 is 5.04. The molecule has 5 heteroatoms. The number of rotatable bonds is 5. The van der Waals surface area contributed by atoms with Gasteiger partial charge < -0.3 is 9.57 Å². The molecule has 0 aliphatic rings. The molecule has 0 radical (unpaired) electrons. The summed E-state index contributed by atoms with van der Waals surface area (Å²) in [6.07, 6.45) is 0.735. The topological polar surface area (TPSA) is 64.6 Å². The lowest BCUT2D eigenvalue weighted by atomic mass is 10.2. The van der Waals surface area contributed by atoms with Crippen LogP contribution in [0.25, 0.3) is 0 Å². The Morgan fingerprint density at radius 3 is 2.50 bits per heavy atom. The molecule has 20 heavy (non-hydrogen) atoms. The van der Waals surface area contributed by atoms with Gasteiger partial charge in [0, 0.05) is 11.1 Å². The van der Waals surface area contributed by atoms with Crippen LogP contribution in [0.3, 0.4) is 0 Å². The summed E-state index contributed by atoms with van der Waals surface area (Å²) in [5.41, 5.74) is 3.28. The summed E-state index contributed by atoms with van der Waals surface area (Å²) in [5.74, 6) is 0.642. The number of ether oxygens (including phenoxy) is 1. The van der Waals surface area contributed by atoms with Crippen molar-refractivity contribution in [1.29, 1.82) is 0 Å². The Kier molecular flexibility index (Phi) is 4.34. The summed E-state index contributed by atoms with van der Waals surface area (Å²) in [6, 6.07) is 13.1. The molecule has 0 aliphatic heterocycles. The summed E-state index contributed by atoms with van der Waals surface area (Å²) in [4.78, 5) is 27.5. The number of hydrogen-bond acceptors (Lipinski definition) is 4. The van der Waals surface area contributed by atoms with Gasteiger partial charge in [-0.3, -0.25) is 9.59 Å². The van der Waals surface area contributed by atoms with Crippen molar-refractivity contribution in [1.82, 2.24) is 5.48 Å². The standard InChI is InChI=1S/C15H13NO4/c1-19-14-4-2-3-12(9-14)15(18)16-20-13-7-5-11(10-17)6-8-13/h2-10H,1H3,(H,16,18). The van der Waals surface area contributed by atoms with E-state index in [1.54, 1.807) is 48.5 Å². The lowest BCUT2D eigenvalue weighted by Gasteiger charge is -2.08. The molecule has 0 aliphatic carbocycles. The van der Waals surface area contributed by atoms with E-state index in [9.17, 15) is 9.59 Å². The summed E-state index contributed by atoms with van der Waals surface area (Å²) in [6.45, 7) is 0. The van der Waals surface area contributed by atoms with Crippen LogP contribution < -0.4 is 15.1 Å². The third-order valence-corrected chi connectivity index (χ3v) is 2.61. The van der Waals surface area contributed by atoms with Gasteiger partial charge in [0.1, 0.15) is 12.0 Å². The molecule has 0 aromatic heterocycles. The Morgan fingerprint density at radius 2 is 1.85 bits per heavy atom. The van der Waals surface area contributed by atoms with Crippen LogP contribution in [0.1, 0.15) is 20.7 Å². The zero-order chi connectivity index (χ0) is 14.4. The molecule has 0 atom stereocenters. The Hall–Kier alpha value is -2.82. The van der Waals surface area contributed by atoms with Gasteiger partial charge >= 0.3 is 0 Å². The third kappa shape index (κ3) is 3.35. The highest BCUT2D eigenvalue weighted by Crippen LogP contribution is 2.13. The quantitative estimate of drug-likeness (QED) is 0.669. The highest BCUT2D eigenvalue weighted by molar-refractivity contribution is 5.93. The van der Waals surface area contributed by atoms with Crippen LogP contribution in [0.4, 0.5) is 0 Å². The van der Waals surface area contributed by atoms with E-state index in [2.05, 4.69) is 5.48 Å². The first-order valence-corrected chi connectivity index (χ1v) is 5.89. The molecule has 0 unspecified atom stereocenters. The molecule has 2 aromatic carbocycles. The number of hydroxylamine groups is 1. The predicted molar refractivity (Wildman–Crippen MR) is 72.9 cm³/mol. The molecule has 5 nitrogen and oxygen atoms in total. The van der Waals surface area contributed by atoms with E-state index >= 15 is 0 Å². The summed E-state index contributed by atoms with van der Waals surface area (Å²) in [5, 5.41) is 0. The molecule has 0 saturated heterocycles. The highest BCUT2D eigenvalue weighted by atomic mass is 16.7. The second kappa shape index (κ2) is 6.38. The van der Waals surface area contributed by atoms with Crippen LogP contribution in [0, 0.1) is 0 Å². The van der Waals surface area contributed by atoms with Gasteiger partial charge in [-0.05, 0) is 42.5 Å². The predicted octanol–water partition coefficient (Wildman–Crippen LogP) is 2.23. The fourth-order valence-corrected chi connectivity index (χ4v) is 1.54. The Bertz CT molecular complexity index is 608. The van der Waals surface area contributed by atoms with E-state index < -0.39 is 0 Å². The zero-order valence-corrected chi connectivity index (χ0v) is 10.8. The van der Waals surface area contributed by atoms with Gasteiger partial charge in [-0.1, -0.05) is 6.07 Å². The maximum Gasteiger partial charge on any atom is 0.284 e. The van der Waals surface area contributed by atoms with Crippen LogP contribution in [0.2, 0.25) is 0 Å². The minimum atomic E-state index is -0.386. The van der Waals surface area contributed by atoms with Crippen LogP contribution >= 0.6 is 0 Å². The fourth-order valence-electron chi connectivity index (χ4n) is 1.54. The van der Waals surface area contributed by atoms with Crippen molar-refractivity contribution >= 4 is 12.2 Å². The molecule has 0 saturated carbocycles. The average Bonchev–Trinajstić information content (AvgIpc) is 2.53. The monoisotopic (exact) mass is 271 g/mol. The van der Waals surface area contributed by atoms with Crippen LogP contribution in [0.15, 0.2) is 48.5 Å². The van der Waals surface area contributed by atoms with Crippen LogP contribution in [-0.4, -0.2) is 19.3 Å². The van der Waals surface area contributed by atoms with Gasteiger partial charge in [0.25, 0.3) is 5.91 Å². The van der Waals surface area contributed by atoms with Gasteiger partial charge in [-0.15, -0.1) is 0 Å². The number of carbonyl (C=O) groups excluding carboxylic acids is 2. The number of hydrogen-bond donors (Lipinski definition) is 1. The molecular formula is C15H13NO4. The Labute approximate surface area is 116 Å². The van der Waals surface area contributed by atoms with Gasteiger partial charge in [0.05, 0.1) is 7.11 Å². The minimum absolute atomic E-state index is 0.386. The second-order valence-corrected chi connectivity index (χ2v) is 3.95. The third-order valence-electron chi connectivity index (χ3n) is 2.61. The largest absolute Gasteiger partial charge is 0.497 e. The lowest BCUT2D eigenvalue weighted by Crippen LogP contribution is -2.26. The molecule has 0 fully saturated rings. The number of carbonyl (C=O) groups is 2. The first kappa shape index (κ1) is 13.6. The maximum atomic E-state index is 11.9.